The second kappa shape index (κ2) is 4.70. The van der Waals surface area contributed by atoms with Crippen LogP contribution in [0.3, 0.4) is 0 Å². The monoisotopic (exact) mass is 364 g/mol. The maximum Gasteiger partial charge on any atom is 0.0760 e. The van der Waals surface area contributed by atoms with Gasteiger partial charge in [-0.2, -0.15) is 0 Å². The van der Waals surface area contributed by atoms with Crippen LogP contribution in [-0.4, -0.2) is 0 Å². The molecule has 2 rings (SSSR count). The molecule has 0 radical (unpaired) electrons. The fourth-order valence-corrected chi connectivity index (χ4v) is 5.44. The van der Waals surface area contributed by atoms with E-state index in [1.54, 1.807) is 11.3 Å². The van der Waals surface area contributed by atoms with E-state index < -0.39 is 0 Å². The first-order valence-corrected chi connectivity index (χ1v) is 7.99. The third kappa shape index (κ3) is 2.23. The molecule has 15 heavy (non-hydrogen) atoms. The Morgan fingerprint density at radius 1 is 1.27 bits per heavy atom. The second-order valence-electron chi connectivity index (χ2n) is 3.37. The van der Waals surface area contributed by atoms with Gasteiger partial charge in [0.25, 0.3) is 0 Å². The van der Waals surface area contributed by atoms with E-state index in [0.717, 1.165) is 0 Å². The normalized spacial score (nSPS) is 13.1. The number of thiophene rings is 2. The summed E-state index contributed by atoms with van der Waals surface area (Å²) in [7, 11) is 0. The molecule has 4 heteroatoms. The Labute approximate surface area is 115 Å². The smallest absolute Gasteiger partial charge is 0.0760 e. The van der Waals surface area contributed by atoms with Crippen molar-refractivity contribution in [3.63, 3.8) is 0 Å². The minimum absolute atomic E-state index is 0.317. The largest absolute Gasteiger partial charge is 0.149 e. The third-order valence-corrected chi connectivity index (χ3v) is 6.69. The molecule has 0 saturated heterocycles. The number of hydrogen-bond acceptors (Lipinski definition) is 2. The molecule has 1 unspecified atom stereocenters. The minimum Gasteiger partial charge on any atom is -0.149 e. The van der Waals surface area contributed by atoms with Crippen molar-refractivity contribution in [3.8, 4) is 0 Å². The van der Waals surface area contributed by atoms with Crippen molar-refractivity contribution in [2.45, 2.75) is 18.7 Å². The van der Waals surface area contributed by atoms with Crippen LogP contribution in [0.4, 0.5) is 0 Å². The van der Waals surface area contributed by atoms with Crippen molar-refractivity contribution in [3.05, 3.63) is 42.2 Å². The number of rotatable bonds is 2. The molecule has 2 aromatic rings. The van der Waals surface area contributed by atoms with Crippen molar-refractivity contribution < 1.29 is 0 Å². The zero-order valence-corrected chi connectivity index (χ0v) is 13.2. The van der Waals surface area contributed by atoms with E-state index in [1.807, 2.05) is 11.3 Å². The SMILES string of the molecule is Cc1scc(C(Br)c2sccc2Br)c1C. The average molecular weight is 366 g/mol. The Morgan fingerprint density at radius 3 is 2.47 bits per heavy atom. The number of halogens is 2. The second-order valence-corrected chi connectivity index (χ2v) is 7.17. The highest BCUT2D eigenvalue weighted by atomic mass is 79.9. The Bertz CT molecular complexity index is 471. The topological polar surface area (TPSA) is 0 Å². The van der Waals surface area contributed by atoms with E-state index in [2.05, 4.69) is 62.5 Å². The van der Waals surface area contributed by atoms with Crippen molar-refractivity contribution in [1.29, 1.82) is 0 Å². The first-order chi connectivity index (χ1) is 7.11. The van der Waals surface area contributed by atoms with Gasteiger partial charge in [-0.05, 0) is 57.7 Å². The van der Waals surface area contributed by atoms with Gasteiger partial charge in [0.05, 0.1) is 4.83 Å². The van der Waals surface area contributed by atoms with Gasteiger partial charge in [0.15, 0.2) is 0 Å². The van der Waals surface area contributed by atoms with Gasteiger partial charge in [0.1, 0.15) is 0 Å². The van der Waals surface area contributed by atoms with Crippen LogP contribution in [-0.2, 0) is 0 Å². The van der Waals surface area contributed by atoms with E-state index in [4.69, 9.17) is 0 Å². The lowest BCUT2D eigenvalue weighted by atomic mass is 10.1. The summed E-state index contributed by atoms with van der Waals surface area (Å²) in [4.78, 5) is 3.06. The van der Waals surface area contributed by atoms with Gasteiger partial charge in [0.2, 0.25) is 0 Å². The van der Waals surface area contributed by atoms with Crippen LogP contribution in [0.2, 0.25) is 0 Å². The molecule has 0 fully saturated rings. The van der Waals surface area contributed by atoms with Crippen LogP contribution in [0, 0.1) is 13.8 Å². The molecular formula is C11H10Br2S2. The molecular weight excluding hydrogens is 356 g/mol. The highest BCUT2D eigenvalue weighted by Crippen LogP contribution is 2.41. The molecule has 2 heterocycles. The van der Waals surface area contributed by atoms with E-state index in [0.29, 0.717) is 4.83 Å². The van der Waals surface area contributed by atoms with Crippen LogP contribution >= 0.6 is 54.5 Å². The van der Waals surface area contributed by atoms with Gasteiger partial charge in [-0.15, -0.1) is 22.7 Å². The third-order valence-electron chi connectivity index (χ3n) is 2.47. The maximum atomic E-state index is 3.78. The molecule has 0 N–H and O–H groups in total. The molecule has 0 amide bonds. The molecule has 0 aliphatic rings. The number of hydrogen-bond donors (Lipinski definition) is 0. The Morgan fingerprint density at radius 2 is 2.00 bits per heavy atom. The fourth-order valence-electron chi connectivity index (χ4n) is 1.41. The molecule has 0 aliphatic heterocycles. The molecule has 0 spiro atoms. The molecule has 2 aromatic heterocycles. The quantitative estimate of drug-likeness (QED) is 0.601. The van der Waals surface area contributed by atoms with Crippen molar-refractivity contribution in [1.82, 2.24) is 0 Å². The lowest BCUT2D eigenvalue weighted by molar-refractivity contribution is 1.19. The first-order valence-electron chi connectivity index (χ1n) is 4.52. The van der Waals surface area contributed by atoms with Crippen LogP contribution in [0.1, 0.15) is 25.7 Å². The summed E-state index contributed by atoms with van der Waals surface area (Å²) in [5.74, 6) is 0. The van der Waals surface area contributed by atoms with Gasteiger partial charge >= 0.3 is 0 Å². The van der Waals surface area contributed by atoms with E-state index in [1.165, 1.54) is 25.4 Å². The molecule has 1 atom stereocenters. The average Bonchev–Trinajstić information content (AvgIpc) is 2.75. The molecule has 0 bridgehead atoms. The Balaban J connectivity index is 2.41. The maximum absolute atomic E-state index is 3.78. The van der Waals surface area contributed by atoms with E-state index in [9.17, 15) is 0 Å². The summed E-state index contributed by atoms with van der Waals surface area (Å²) in [6, 6.07) is 2.10. The van der Waals surface area contributed by atoms with Gasteiger partial charge in [-0.1, -0.05) is 15.9 Å². The van der Waals surface area contributed by atoms with Crippen molar-refractivity contribution >= 4 is 54.5 Å². The van der Waals surface area contributed by atoms with E-state index in [-0.39, 0.29) is 0 Å². The highest BCUT2D eigenvalue weighted by Gasteiger charge is 2.18. The zero-order chi connectivity index (χ0) is 11.0. The summed E-state index contributed by atoms with van der Waals surface area (Å²) in [5.41, 5.74) is 2.79. The van der Waals surface area contributed by atoms with Crippen molar-refractivity contribution in [2.24, 2.45) is 0 Å². The Hall–Kier alpha value is 0.360. The number of aryl methyl sites for hydroxylation is 1. The molecule has 80 valence electrons. The molecule has 0 aromatic carbocycles. The lowest BCUT2D eigenvalue weighted by Gasteiger charge is -2.08. The van der Waals surface area contributed by atoms with Gasteiger partial charge in [0, 0.05) is 14.2 Å². The van der Waals surface area contributed by atoms with Crippen LogP contribution < -0.4 is 0 Å². The van der Waals surface area contributed by atoms with Gasteiger partial charge in [-0.25, -0.2) is 0 Å². The van der Waals surface area contributed by atoms with Crippen molar-refractivity contribution in [2.75, 3.05) is 0 Å². The minimum atomic E-state index is 0.317. The lowest BCUT2D eigenvalue weighted by Crippen LogP contribution is -1.90. The summed E-state index contributed by atoms with van der Waals surface area (Å²) in [6.45, 7) is 4.36. The summed E-state index contributed by atoms with van der Waals surface area (Å²) in [5, 5.41) is 4.36. The Kier molecular flexibility index (Phi) is 3.71. The first kappa shape index (κ1) is 11.8. The van der Waals surface area contributed by atoms with E-state index >= 15 is 0 Å². The molecule has 0 aliphatic carbocycles. The van der Waals surface area contributed by atoms with Gasteiger partial charge < -0.3 is 0 Å². The standard InChI is InChI=1S/C11H10Br2S2/c1-6-7(2)15-5-8(6)10(13)11-9(12)3-4-14-11/h3-5,10H,1-2H3. The predicted octanol–water partition coefficient (Wildman–Crippen LogP) is 5.67. The van der Waals surface area contributed by atoms with Crippen LogP contribution in [0.25, 0.3) is 0 Å². The molecule has 0 saturated carbocycles. The molecule has 0 nitrogen and oxygen atoms in total. The summed E-state index contributed by atoms with van der Waals surface area (Å²) >= 11 is 11.0. The summed E-state index contributed by atoms with van der Waals surface area (Å²) in [6.07, 6.45) is 0. The van der Waals surface area contributed by atoms with Crippen LogP contribution in [0.15, 0.2) is 21.3 Å². The summed E-state index contributed by atoms with van der Waals surface area (Å²) < 4.78 is 1.19. The van der Waals surface area contributed by atoms with Crippen LogP contribution in [0.5, 0.6) is 0 Å². The fraction of sp³-hybridized carbons (Fsp3) is 0.273. The zero-order valence-electron chi connectivity index (χ0n) is 8.38. The highest BCUT2D eigenvalue weighted by molar-refractivity contribution is 9.11. The number of alkyl halides is 1. The van der Waals surface area contributed by atoms with Gasteiger partial charge in [-0.3, -0.25) is 0 Å². The predicted molar refractivity (Wildman–Crippen MR) is 76.6 cm³/mol.